The average Bonchev–Trinajstić information content (AvgIpc) is 3.27. The predicted molar refractivity (Wildman–Crippen MR) is 122 cm³/mol. The monoisotopic (exact) mass is 449 g/mol. The topological polar surface area (TPSA) is 74.8 Å². The molecule has 0 N–H and O–H groups in total. The standard InChI is InChI=1S/C24H24FN5OS/c1-29(24(17-26)14-6-3-7-15-24)21(31)16-32-23-28-27-22(18-10-12-19(25)13-11-18)30(23)20-8-4-2-5-9-20/h2,4-5,8-13H,3,6-7,14-16H2,1H3. The van der Waals surface area contributed by atoms with Gasteiger partial charge in [0.25, 0.3) is 0 Å². The van der Waals surface area contributed by atoms with Gasteiger partial charge in [0.15, 0.2) is 11.0 Å². The molecule has 0 bridgehead atoms. The Morgan fingerprint density at radius 3 is 2.47 bits per heavy atom. The van der Waals surface area contributed by atoms with Crippen molar-refractivity contribution in [3.8, 4) is 23.1 Å². The number of rotatable bonds is 6. The van der Waals surface area contributed by atoms with Crippen LogP contribution in [-0.4, -0.2) is 43.9 Å². The first kappa shape index (κ1) is 22.0. The molecule has 3 aromatic rings. The maximum atomic E-state index is 13.4. The Kier molecular flexibility index (Phi) is 6.56. The number of para-hydroxylation sites is 1. The molecule has 1 amide bonds. The molecule has 1 fully saturated rings. The van der Waals surface area contributed by atoms with Crippen LogP contribution in [-0.2, 0) is 4.79 Å². The highest BCUT2D eigenvalue weighted by molar-refractivity contribution is 7.99. The number of hydrogen-bond donors (Lipinski definition) is 0. The van der Waals surface area contributed by atoms with Crippen LogP contribution in [0.25, 0.3) is 17.1 Å². The summed E-state index contributed by atoms with van der Waals surface area (Å²) in [6, 6.07) is 18.1. The molecule has 1 saturated carbocycles. The number of nitriles is 1. The van der Waals surface area contributed by atoms with E-state index in [1.807, 2.05) is 34.9 Å². The van der Waals surface area contributed by atoms with Gasteiger partial charge in [0.1, 0.15) is 11.4 Å². The summed E-state index contributed by atoms with van der Waals surface area (Å²) in [5.74, 6) is 0.287. The first-order valence-electron chi connectivity index (χ1n) is 10.6. The van der Waals surface area contributed by atoms with Crippen molar-refractivity contribution in [2.45, 2.75) is 42.8 Å². The zero-order valence-electron chi connectivity index (χ0n) is 17.9. The molecular formula is C24H24FN5OS. The van der Waals surface area contributed by atoms with E-state index in [-0.39, 0.29) is 17.5 Å². The number of benzene rings is 2. The lowest BCUT2D eigenvalue weighted by Gasteiger charge is -2.39. The first-order valence-corrected chi connectivity index (χ1v) is 11.6. The molecule has 0 unspecified atom stereocenters. The van der Waals surface area contributed by atoms with E-state index >= 15 is 0 Å². The van der Waals surface area contributed by atoms with Crippen LogP contribution in [0.4, 0.5) is 4.39 Å². The quantitative estimate of drug-likeness (QED) is 0.503. The van der Waals surface area contributed by atoms with Gasteiger partial charge >= 0.3 is 0 Å². The van der Waals surface area contributed by atoms with Gasteiger partial charge in [-0.15, -0.1) is 10.2 Å². The minimum absolute atomic E-state index is 0.107. The number of amides is 1. The van der Waals surface area contributed by atoms with E-state index in [0.717, 1.165) is 30.5 Å². The van der Waals surface area contributed by atoms with Crippen LogP contribution in [0.5, 0.6) is 0 Å². The summed E-state index contributed by atoms with van der Waals surface area (Å²) in [6.45, 7) is 0. The Balaban J connectivity index is 1.59. The number of halogens is 1. The van der Waals surface area contributed by atoms with Crippen LogP contribution in [0.2, 0.25) is 0 Å². The average molecular weight is 450 g/mol. The van der Waals surface area contributed by atoms with E-state index in [1.165, 1.54) is 23.9 Å². The molecule has 2 aromatic carbocycles. The van der Waals surface area contributed by atoms with E-state index in [9.17, 15) is 14.4 Å². The number of carbonyl (C=O) groups is 1. The molecule has 0 spiro atoms. The molecular weight excluding hydrogens is 425 g/mol. The fourth-order valence-corrected chi connectivity index (χ4v) is 4.95. The molecule has 0 atom stereocenters. The SMILES string of the molecule is CN(C(=O)CSc1nnc(-c2ccc(F)cc2)n1-c1ccccc1)C1(C#N)CCCCC1. The van der Waals surface area contributed by atoms with Crippen LogP contribution in [0.15, 0.2) is 59.8 Å². The Labute approximate surface area is 191 Å². The predicted octanol–water partition coefficient (Wildman–Crippen LogP) is 4.85. The molecule has 0 aliphatic heterocycles. The lowest BCUT2D eigenvalue weighted by atomic mass is 9.81. The zero-order chi connectivity index (χ0) is 22.6. The largest absolute Gasteiger partial charge is 0.326 e. The van der Waals surface area contributed by atoms with Crippen molar-refractivity contribution >= 4 is 17.7 Å². The van der Waals surface area contributed by atoms with Crippen LogP contribution in [0.3, 0.4) is 0 Å². The van der Waals surface area contributed by atoms with E-state index in [4.69, 9.17) is 0 Å². The number of hydrogen-bond acceptors (Lipinski definition) is 5. The third-order valence-corrected chi connectivity index (χ3v) is 6.89. The number of aromatic nitrogens is 3. The zero-order valence-corrected chi connectivity index (χ0v) is 18.7. The fraction of sp³-hybridized carbons (Fsp3) is 0.333. The molecule has 1 aliphatic carbocycles. The molecule has 0 saturated heterocycles. The number of nitrogens with zero attached hydrogens (tertiary/aromatic N) is 5. The van der Waals surface area contributed by atoms with Gasteiger partial charge in [0.2, 0.25) is 5.91 Å². The minimum Gasteiger partial charge on any atom is -0.326 e. The van der Waals surface area contributed by atoms with Crippen molar-refractivity contribution < 1.29 is 9.18 Å². The van der Waals surface area contributed by atoms with Crippen LogP contribution < -0.4 is 0 Å². The Morgan fingerprint density at radius 1 is 1.12 bits per heavy atom. The molecule has 0 radical (unpaired) electrons. The first-order chi connectivity index (χ1) is 15.5. The smallest absolute Gasteiger partial charge is 0.234 e. The number of thioether (sulfide) groups is 1. The highest BCUT2D eigenvalue weighted by atomic mass is 32.2. The van der Waals surface area contributed by atoms with Crippen LogP contribution >= 0.6 is 11.8 Å². The Morgan fingerprint density at radius 2 is 1.81 bits per heavy atom. The van der Waals surface area contributed by atoms with Gasteiger partial charge in [0, 0.05) is 18.3 Å². The van der Waals surface area contributed by atoms with Crippen molar-refractivity contribution in [2.75, 3.05) is 12.8 Å². The van der Waals surface area contributed by atoms with Gasteiger partial charge in [-0.3, -0.25) is 9.36 Å². The van der Waals surface area contributed by atoms with Gasteiger partial charge in [-0.05, 0) is 49.2 Å². The number of carbonyl (C=O) groups excluding carboxylic acids is 1. The van der Waals surface area contributed by atoms with Crippen molar-refractivity contribution in [3.63, 3.8) is 0 Å². The van der Waals surface area contributed by atoms with Gasteiger partial charge in [0.05, 0.1) is 11.8 Å². The van der Waals surface area contributed by atoms with Crippen molar-refractivity contribution in [1.29, 1.82) is 5.26 Å². The summed E-state index contributed by atoms with van der Waals surface area (Å²) in [7, 11) is 1.73. The van der Waals surface area contributed by atoms with Gasteiger partial charge in [-0.1, -0.05) is 49.2 Å². The Bertz CT molecular complexity index is 1120. The van der Waals surface area contributed by atoms with E-state index in [0.29, 0.717) is 23.8 Å². The second-order valence-corrected chi connectivity index (χ2v) is 8.87. The fourth-order valence-electron chi connectivity index (χ4n) is 4.08. The lowest BCUT2D eigenvalue weighted by Crippen LogP contribution is -2.50. The highest BCUT2D eigenvalue weighted by Gasteiger charge is 2.38. The molecule has 6 nitrogen and oxygen atoms in total. The Hall–Kier alpha value is -3.18. The summed E-state index contributed by atoms with van der Waals surface area (Å²) >= 11 is 1.28. The summed E-state index contributed by atoms with van der Waals surface area (Å²) in [6.07, 6.45) is 4.45. The molecule has 8 heteroatoms. The van der Waals surface area contributed by atoms with Crippen LogP contribution in [0, 0.1) is 17.1 Å². The molecule has 1 heterocycles. The minimum atomic E-state index is -0.720. The summed E-state index contributed by atoms with van der Waals surface area (Å²) < 4.78 is 15.3. The molecule has 164 valence electrons. The van der Waals surface area contributed by atoms with E-state index in [1.54, 1.807) is 24.1 Å². The van der Waals surface area contributed by atoms with Crippen molar-refractivity contribution in [2.24, 2.45) is 0 Å². The maximum Gasteiger partial charge on any atom is 0.234 e. The molecule has 32 heavy (non-hydrogen) atoms. The van der Waals surface area contributed by atoms with Gasteiger partial charge in [-0.2, -0.15) is 5.26 Å². The highest BCUT2D eigenvalue weighted by Crippen LogP contribution is 2.34. The van der Waals surface area contributed by atoms with Crippen LogP contribution in [0.1, 0.15) is 32.1 Å². The third-order valence-electron chi connectivity index (χ3n) is 5.98. The van der Waals surface area contributed by atoms with Gasteiger partial charge < -0.3 is 4.90 Å². The van der Waals surface area contributed by atoms with E-state index < -0.39 is 5.54 Å². The third kappa shape index (κ3) is 4.39. The lowest BCUT2D eigenvalue weighted by molar-refractivity contribution is -0.131. The summed E-state index contributed by atoms with van der Waals surface area (Å²) in [4.78, 5) is 14.6. The summed E-state index contributed by atoms with van der Waals surface area (Å²) in [5.41, 5.74) is 0.854. The molecule has 1 aliphatic rings. The van der Waals surface area contributed by atoms with E-state index in [2.05, 4.69) is 16.3 Å². The molecule has 4 rings (SSSR count). The second-order valence-electron chi connectivity index (χ2n) is 7.93. The van der Waals surface area contributed by atoms with Crippen molar-refractivity contribution in [1.82, 2.24) is 19.7 Å². The summed E-state index contributed by atoms with van der Waals surface area (Å²) in [5, 5.41) is 19.0. The molecule has 1 aromatic heterocycles. The normalized spacial score (nSPS) is 15.2. The van der Waals surface area contributed by atoms with Crippen molar-refractivity contribution in [3.05, 3.63) is 60.4 Å². The maximum absolute atomic E-state index is 13.4. The second kappa shape index (κ2) is 9.53. The van der Waals surface area contributed by atoms with Gasteiger partial charge in [-0.25, -0.2) is 4.39 Å².